The molecule has 6 nitrogen and oxygen atoms in total. The molecule has 2 aromatic rings. The molecule has 0 aliphatic rings. The summed E-state index contributed by atoms with van der Waals surface area (Å²) < 4.78 is 6.93. The zero-order valence-corrected chi connectivity index (χ0v) is 8.16. The third-order valence-electron chi connectivity index (χ3n) is 1.75. The monoisotopic (exact) mass is 206 g/mol. The molecule has 0 saturated carbocycles. The highest BCUT2D eigenvalue weighted by atomic mass is 16.5. The molecule has 0 atom stereocenters. The van der Waals surface area contributed by atoms with Crippen molar-refractivity contribution in [3.63, 3.8) is 0 Å². The zero-order chi connectivity index (χ0) is 10.7. The quantitative estimate of drug-likeness (QED) is 0.791. The smallest absolute Gasteiger partial charge is 0.321 e. The van der Waals surface area contributed by atoms with Gasteiger partial charge in [-0.15, -0.1) is 0 Å². The van der Waals surface area contributed by atoms with E-state index in [2.05, 4.69) is 15.1 Å². The van der Waals surface area contributed by atoms with E-state index in [1.807, 2.05) is 0 Å². The summed E-state index contributed by atoms with van der Waals surface area (Å²) in [4.78, 5) is 7.85. The van der Waals surface area contributed by atoms with Crippen LogP contribution >= 0.6 is 0 Å². The Hall–Kier alpha value is -1.95. The Labute approximate surface area is 86.2 Å². The summed E-state index contributed by atoms with van der Waals surface area (Å²) >= 11 is 0. The largest absolute Gasteiger partial charge is 0.421 e. The van der Waals surface area contributed by atoms with Gasteiger partial charge in [0.25, 0.3) is 0 Å². The molecule has 0 bridgehead atoms. The fourth-order valence-electron chi connectivity index (χ4n) is 1.03. The van der Waals surface area contributed by atoms with Gasteiger partial charge in [0.15, 0.2) is 5.75 Å². The Morgan fingerprint density at radius 3 is 2.60 bits per heavy atom. The summed E-state index contributed by atoms with van der Waals surface area (Å²) in [6, 6.07) is 0.236. The number of ether oxygens (including phenoxy) is 1. The van der Waals surface area contributed by atoms with E-state index in [-0.39, 0.29) is 12.6 Å². The third-order valence-corrected chi connectivity index (χ3v) is 1.75. The van der Waals surface area contributed by atoms with Crippen LogP contribution in [0.4, 0.5) is 0 Å². The van der Waals surface area contributed by atoms with Gasteiger partial charge < -0.3 is 9.84 Å². The molecule has 78 valence electrons. The predicted molar refractivity (Wildman–Crippen MR) is 51.2 cm³/mol. The Morgan fingerprint density at radius 1 is 1.33 bits per heavy atom. The third kappa shape index (κ3) is 2.29. The Bertz CT molecular complexity index is 438. The molecule has 15 heavy (non-hydrogen) atoms. The fraction of sp³-hybridized carbons (Fsp3) is 0.222. The fourth-order valence-corrected chi connectivity index (χ4v) is 1.03. The van der Waals surface area contributed by atoms with Gasteiger partial charge in [-0.2, -0.15) is 5.10 Å². The van der Waals surface area contributed by atoms with E-state index >= 15 is 0 Å². The minimum absolute atomic E-state index is 0.0762. The molecule has 6 heteroatoms. The molecule has 0 unspecified atom stereocenters. The number of hydrogen-bond acceptors (Lipinski definition) is 5. The van der Waals surface area contributed by atoms with E-state index < -0.39 is 0 Å². The maximum Gasteiger partial charge on any atom is 0.321 e. The molecule has 0 radical (unpaired) electrons. The van der Waals surface area contributed by atoms with Crippen molar-refractivity contribution < 1.29 is 9.84 Å². The van der Waals surface area contributed by atoms with E-state index in [1.165, 1.54) is 12.4 Å². The van der Waals surface area contributed by atoms with E-state index in [0.29, 0.717) is 11.3 Å². The average molecular weight is 206 g/mol. The number of aliphatic hydroxyl groups excluding tert-OH is 1. The maximum absolute atomic E-state index is 8.79. The van der Waals surface area contributed by atoms with Crippen LogP contribution in [-0.4, -0.2) is 24.9 Å². The number of aryl methyl sites for hydroxylation is 1. The van der Waals surface area contributed by atoms with Gasteiger partial charge in [-0.3, -0.25) is 4.68 Å². The molecule has 2 heterocycles. The number of nitrogens with zero attached hydrogens (tertiary/aromatic N) is 4. The predicted octanol–water partition coefficient (Wildman–Crippen LogP) is 0.495. The standard InChI is InChI=1S/C9H10N4O2/c1-13-5-8(4-12-13)15-9-10-2-7(6-14)3-11-9/h2-5,14H,6H2,1H3. The van der Waals surface area contributed by atoms with Crippen LogP contribution in [0.25, 0.3) is 0 Å². The number of aromatic nitrogens is 4. The maximum atomic E-state index is 8.79. The van der Waals surface area contributed by atoms with Crippen molar-refractivity contribution >= 4 is 0 Å². The number of aliphatic hydroxyl groups is 1. The lowest BCUT2D eigenvalue weighted by molar-refractivity contribution is 0.280. The van der Waals surface area contributed by atoms with Gasteiger partial charge >= 0.3 is 6.01 Å². The molecular weight excluding hydrogens is 196 g/mol. The number of hydrogen-bond donors (Lipinski definition) is 1. The molecule has 0 amide bonds. The highest BCUT2D eigenvalue weighted by Gasteiger charge is 2.01. The summed E-state index contributed by atoms with van der Waals surface area (Å²) in [5.41, 5.74) is 0.647. The SMILES string of the molecule is Cn1cc(Oc2ncc(CO)cn2)cn1. The Kier molecular flexibility index (Phi) is 2.59. The van der Waals surface area contributed by atoms with Crippen LogP contribution < -0.4 is 4.74 Å². The van der Waals surface area contributed by atoms with Crippen LogP contribution in [0.15, 0.2) is 24.8 Å². The minimum Gasteiger partial charge on any atom is -0.421 e. The van der Waals surface area contributed by atoms with Gasteiger partial charge in [0.1, 0.15) is 0 Å². The van der Waals surface area contributed by atoms with Crippen molar-refractivity contribution in [2.75, 3.05) is 0 Å². The molecule has 0 aromatic carbocycles. The first-order valence-electron chi connectivity index (χ1n) is 4.36. The molecule has 0 aliphatic carbocycles. The summed E-state index contributed by atoms with van der Waals surface area (Å²) in [5.74, 6) is 0.578. The molecular formula is C9H10N4O2. The van der Waals surface area contributed by atoms with Crippen LogP contribution in [0.3, 0.4) is 0 Å². The normalized spacial score (nSPS) is 10.3. The van der Waals surface area contributed by atoms with Gasteiger partial charge in [-0.25, -0.2) is 9.97 Å². The van der Waals surface area contributed by atoms with Crippen LogP contribution in [-0.2, 0) is 13.7 Å². The van der Waals surface area contributed by atoms with Crippen molar-refractivity contribution in [1.29, 1.82) is 0 Å². The molecule has 0 saturated heterocycles. The summed E-state index contributed by atoms with van der Waals surface area (Å²) in [7, 11) is 1.79. The molecule has 2 aromatic heterocycles. The van der Waals surface area contributed by atoms with Crippen molar-refractivity contribution in [3.05, 3.63) is 30.4 Å². The summed E-state index contributed by atoms with van der Waals surface area (Å²) in [6.45, 7) is -0.0762. The van der Waals surface area contributed by atoms with Gasteiger partial charge in [-0.1, -0.05) is 0 Å². The summed E-state index contributed by atoms with van der Waals surface area (Å²) in [6.07, 6.45) is 6.31. The highest BCUT2D eigenvalue weighted by Crippen LogP contribution is 2.15. The van der Waals surface area contributed by atoms with Crippen molar-refractivity contribution in [2.45, 2.75) is 6.61 Å². The van der Waals surface area contributed by atoms with Crippen LogP contribution in [0.2, 0.25) is 0 Å². The second-order valence-corrected chi connectivity index (χ2v) is 2.98. The van der Waals surface area contributed by atoms with Gasteiger partial charge in [0.2, 0.25) is 0 Å². The van der Waals surface area contributed by atoms with Gasteiger partial charge in [0.05, 0.1) is 19.0 Å². The topological polar surface area (TPSA) is 73.1 Å². The second kappa shape index (κ2) is 4.05. The lowest BCUT2D eigenvalue weighted by atomic mass is 10.4. The minimum atomic E-state index is -0.0762. The molecule has 0 spiro atoms. The summed E-state index contributed by atoms with van der Waals surface area (Å²) in [5, 5.41) is 12.7. The first-order chi connectivity index (χ1) is 7.28. The van der Waals surface area contributed by atoms with Crippen molar-refractivity contribution in [2.24, 2.45) is 7.05 Å². The van der Waals surface area contributed by atoms with Crippen LogP contribution in [0.5, 0.6) is 11.8 Å². The number of rotatable bonds is 3. The Morgan fingerprint density at radius 2 is 2.07 bits per heavy atom. The highest BCUT2D eigenvalue weighted by molar-refractivity contribution is 5.17. The molecule has 2 rings (SSSR count). The first kappa shape index (κ1) is 9.60. The Balaban J connectivity index is 2.11. The first-order valence-corrected chi connectivity index (χ1v) is 4.36. The van der Waals surface area contributed by atoms with Crippen molar-refractivity contribution in [3.8, 4) is 11.8 Å². The average Bonchev–Trinajstić information content (AvgIpc) is 2.65. The van der Waals surface area contributed by atoms with E-state index in [1.54, 1.807) is 24.1 Å². The lowest BCUT2D eigenvalue weighted by Crippen LogP contribution is -1.93. The van der Waals surface area contributed by atoms with Crippen LogP contribution in [0.1, 0.15) is 5.56 Å². The molecule has 1 N–H and O–H groups in total. The molecule has 0 fully saturated rings. The second-order valence-electron chi connectivity index (χ2n) is 2.98. The van der Waals surface area contributed by atoms with E-state index in [9.17, 15) is 0 Å². The van der Waals surface area contributed by atoms with Gasteiger partial charge in [-0.05, 0) is 0 Å². The zero-order valence-electron chi connectivity index (χ0n) is 8.16. The van der Waals surface area contributed by atoms with Crippen molar-refractivity contribution in [1.82, 2.24) is 19.7 Å². The van der Waals surface area contributed by atoms with E-state index in [0.717, 1.165) is 0 Å². The van der Waals surface area contributed by atoms with E-state index in [4.69, 9.17) is 9.84 Å². The van der Waals surface area contributed by atoms with Crippen LogP contribution in [0, 0.1) is 0 Å². The lowest BCUT2D eigenvalue weighted by Gasteiger charge is -2.00. The van der Waals surface area contributed by atoms with Gasteiger partial charge in [0, 0.05) is 25.0 Å². The molecule has 0 aliphatic heterocycles.